The van der Waals surface area contributed by atoms with Crippen molar-refractivity contribution in [1.82, 2.24) is 4.98 Å². The Balaban J connectivity index is 1.44. The van der Waals surface area contributed by atoms with E-state index in [0.29, 0.717) is 29.4 Å². The van der Waals surface area contributed by atoms with Crippen molar-refractivity contribution in [2.24, 2.45) is 0 Å². The van der Waals surface area contributed by atoms with Crippen molar-refractivity contribution < 1.29 is 14.3 Å². The number of rotatable bonds is 5. The number of ether oxygens (including phenoxy) is 1. The minimum atomic E-state index is -0.175. The summed E-state index contributed by atoms with van der Waals surface area (Å²) >= 11 is 1.44. The number of nitrogens with zero attached hydrogens (tertiary/aromatic N) is 1. The number of hydrogen-bond donors (Lipinski definition) is 2. The monoisotopic (exact) mass is 407 g/mol. The summed E-state index contributed by atoms with van der Waals surface area (Å²) in [5.74, 6) is 0.411. The molecule has 1 aromatic heterocycles. The molecule has 0 fully saturated rings. The maximum atomic E-state index is 12.3. The van der Waals surface area contributed by atoms with Crippen LogP contribution in [0.4, 0.5) is 10.8 Å². The lowest BCUT2D eigenvalue weighted by Crippen LogP contribution is -2.25. The predicted molar refractivity (Wildman–Crippen MR) is 115 cm³/mol. The van der Waals surface area contributed by atoms with E-state index in [9.17, 15) is 9.59 Å². The first-order valence-electron chi connectivity index (χ1n) is 9.38. The summed E-state index contributed by atoms with van der Waals surface area (Å²) < 4.78 is 5.40. The van der Waals surface area contributed by atoms with Gasteiger partial charge in [0.2, 0.25) is 5.91 Å². The number of nitrogens with one attached hydrogen (secondary N) is 2. The van der Waals surface area contributed by atoms with Gasteiger partial charge in [-0.25, -0.2) is 4.98 Å². The lowest BCUT2D eigenvalue weighted by molar-refractivity contribution is -0.118. The van der Waals surface area contributed by atoms with Crippen LogP contribution in [0.1, 0.15) is 22.4 Å². The fourth-order valence-electron chi connectivity index (χ4n) is 3.14. The molecule has 1 aliphatic heterocycles. The number of benzene rings is 2. The number of fused-ring (bicyclic) bond motifs is 1. The largest absolute Gasteiger partial charge is 0.482 e. The van der Waals surface area contributed by atoms with Crippen molar-refractivity contribution in [3.63, 3.8) is 0 Å². The van der Waals surface area contributed by atoms with E-state index in [1.54, 1.807) is 0 Å². The highest BCUT2D eigenvalue weighted by atomic mass is 32.1. The highest BCUT2D eigenvalue weighted by Gasteiger charge is 2.18. The molecule has 0 radical (unpaired) electrons. The van der Waals surface area contributed by atoms with Gasteiger partial charge in [0.05, 0.1) is 11.4 Å². The van der Waals surface area contributed by atoms with Crippen LogP contribution < -0.4 is 15.4 Å². The van der Waals surface area contributed by atoms with Crippen LogP contribution in [0.5, 0.6) is 5.75 Å². The van der Waals surface area contributed by atoms with Gasteiger partial charge in [-0.3, -0.25) is 9.59 Å². The molecule has 0 saturated heterocycles. The van der Waals surface area contributed by atoms with E-state index in [0.717, 1.165) is 21.7 Å². The zero-order valence-corrected chi connectivity index (χ0v) is 17.1. The molecule has 29 heavy (non-hydrogen) atoms. The van der Waals surface area contributed by atoms with E-state index in [1.165, 1.54) is 16.9 Å². The third-order valence-corrected chi connectivity index (χ3v) is 5.58. The smallest absolute Gasteiger partial charge is 0.262 e. The van der Waals surface area contributed by atoms with Crippen LogP contribution in [-0.4, -0.2) is 23.4 Å². The van der Waals surface area contributed by atoms with E-state index in [1.807, 2.05) is 44.2 Å². The number of carbonyl (C=O) groups is 2. The van der Waals surface area contributed by atoms with Crippen molar-refractivity contribution in [2.45, 2.75) is 26.7 Å². The SMILES string of the molecule is Cc1ccc(CCC(=O)Nc2nc(-c3ccc4c(c3)NC(=O)CO4)c(C)s2)cc1. The van der Waals surface area contributed by atoms with Crippen molar-refractivity contribution >= 4 is 34.0 Å². The number of aryl methyl sites for hydroxylation is 3. The zero-order valence-electron chi connectivity index (χ0n) is 16.2. The first-order valence-corrected chi connectivity index (χ1v) is 10.2. The number of amides is 2. The molecule has 7 heteroatoms. The average Bonchev–Trinajstić information content (AvgIpc) is 3.07. The van der Waals surface area contributed by atoms with Gasteiger partial charge in [0.1, 0.15) is 5.75 Å². The average molecular weight is 407 g/mol. The second-order valence-electron chi connectivity index (χ2n) is 7.01. The summed E-state index contributed by atoms with van der Waals surface area (Å²) in [4.78, 5) is 29.5. The van der Waals surface area contributed by atoms with Crippen molar-refractivity contribution in [2.75, 3.05) is 17.2 Å². The lowest BCUT2D eigenvalue weighted by atomic mass is 10.1. The molecule has 6 nitrogen and oxygen atoms in total. The Bertz CT molecular complexity index is 1070. The van der Waals surface area contributed by atoms with Crippen LogP contribution in [0.2, 0.25) is 0 Å². The summed E-state index contributed by atoms with van der Waals surface area (Å²) in [5, 5.41) is 6.28. The molecule has 0 saturated carbocycles. The molecule has 2 aromatic carbocycles. The molecule has 0 bridgehead atoms. The fourth-order valence-corrected chi connectivity index (χ4v) is 3.99. The van der Waals surface area contributed by atoms with E-state index in [-0.39, 0.29) is 18.4 Å². The quantitative estimate of drug-likeness (QED) is 0.660. The second-order valence-corrected chi connectivity index (χ2v) is 8.21. The Hall–Kier alpha value is -3.19. The summed E-state index contributed by atoms with van der Waals surface area (Å²) in [6, 6.07) is 13.8. The van der Waals surface area contributed by atoms with Gasteiger partial charge in [-0.2, -0.15) is 0 Å². The normalized spacial score (nSPS) is 12.7. The summed E-state index contributed by atoms with van der Waals surface area (Å²) in [5.41, 5.74) is 4.63. The Morgan fingerprint density at radius 1 is 1.21 bits per heavy atom. The van der Waals surface area contributed by atoms with Gasteiger partial charge in [-0.05, 0) is 44.0 Å². The van der Waals surface area contributed by atoms with Crippen LogP contribution in [0.15, 0.2) is 42.5 Å². The Labute approximate surface area is 172 Å². The number of anilines is 2. The molecule has 2 heterocycles. The standard InChI is InChI=1S/C22H21N3O3S/c1-13-3-5-15(6-4-13)7-10-19(26)24-22-25-21(14(2)29-22)16-8-9-18-17(11-16)23-20(27)12-28-18/h3-6,8-9,11H,7,10,12H2,1-2H3,(H,23,27)(H,24,25,26). The summed E-state index contributed by atoms with van der Waals surface area (Å²) in [7, 11) is 0. The molecular formula is C22H21N3O3S. The maximum Gasteiger partial charge on any atom is 0.262 e. The Morgan fingerprint density at radius 3 is 2.79 bits per heavy atom. The van der Waals surface area contributed by atoms with E-state index in [2.05, 4.69) is 27.8 Å². The fraction of sp³-hybridized carbons (Fsp3) is 0.227. The van der Waals surface area contributed by atoms with E-state index < -0.39 is 0 Å². The van der Waals surface area contributed by atoms with Crippen LogP contribution in [0, 0.1) is 13.8 Å². The van der Waals surface area contributed by atoms with Crippen molar-refractivity contribution in [3.8, 4) is 17.0 Å². The molecule has 1 aliphatic rings. The molecule has 0 aliphatic carbocycles. The molecule has 4 rings (SSSR count). The molecule has 3 aromatic rings. The third kappa shape index (κ3) is 4.46. The molecular weight excluding hydrogens is 386 g/mol. The van der Waals surface area contributed by atoms with Crippen molar-refractivity contribution in [1.29, 1.82) is 0 Å². The summed E-state index contributed by atoms with van der Waals surface area (Å²) in [6.45, 7) is 4.03. The number of aromatic nitrogens is 1. The predicted octanol–water partition coefficient (Wildman–Crippen LogP) is 4.33. The zero-order chi connectivity index (χ0) is 20.4. The van der Waals surface area contributed by atoms with Gasteiger partial charge in [0.25, 0.3) is 5.91 Å². The van der Waals surface area contributed by atoms with Crippen LogP contribution in [0.25, 0.3) is 11.3 Å². The van der Waals surface area contributed by atoms with Gasteiger partial charge in [-0.15, -0.1) is 11.3 Å². The molecule has 0 atom stereocenters. The van der Waals surface area contributed by atoms with Gasteiger partial charge < -0.3 is 15.4 Å². The molecule has 0 spiro atoms. The first kappa shape index (κ1) is 19.1. The third-order valence-electron chi connectivity index (χ3n) is 4.69. The summed E-state index contributed by atoms with van der Waals surface area (Å²) in [6.07, 6.45) is 1.09. The number of thiazole rings is 1. The minimum Gasteiger partial charge on any atom is -0.482 e. The number of hydrogen-bond acceptors (Lipinski definition) is 5. The van der Waals surface area contributed by atoms with E-state index >= 15 is 0 Å². The van der Waals surface area contributed by atoms with Gasteiger partial charge in [-0.1, -0.05) is 29.8 Å². The van der Waals surface area contributed by atoms with E-state index in [4.69, 9.17) is 4.74 Å². The molecule has 0 unspecified atom stereocenters. The van der Waals surface area contributed by atoms with Gasteiger partial charge in [0.15, 0.2) is 11.7 Å². The molecule has 2 amide bonds. The Morgan fingerprint density at radius 2 is 2.00 bits per heavy atom. The first-order chi connectivity index (χ1) is 14.0. The minimum absolute atomic E-state index is 0.0286. The second kappa shape index (κ2) is 8.05. The van der Waals surface area contributed by atoms with Crippen molar-refractivity contribution in [3.05, 3.63) is 58.5 Å². The van der Waals surface area contributed by atoms with Crippen LogP contribution >= 0.6 is 11.3 Å². The lowest BCUT2D eigenvalue weighted by Gasteiger charge is -2.18. The number of carbonyl (C=O) groups excluding carboxylic acids is 2. The molecule has 2 N–H and O–H groups in total. The van der Waals surface area contributed by atoms with Crippen LogP contribution in [0.3, 0.4) is 0 Å². The highest BCUT2D eigenvalue weighted by Crippen LogP contribution is 2.36. The Kier molecular flexibility index (Phi) is 5.31. The maximum absolute atomic E-state index is 12.3. The van der Waals surface area contributed by atoms with Gasteiger partial charge >= 0.3 is 0 Å². The molecule has 148 valence electrons. The van der Waals surface area contributed by atoms with Gasteiger partial charge in [0, 0.05) is 16.9 Å². The van der Waals surface area contributed by atoms with Crippen LogP contribution in [-0.2, 0) is 16.0 Å². The highest BCUT2D eigenvalue weighted by molar-refractivity contribution is 7.16. The topological polar surface area (TPSA) is 80.3 Å².